The van der Waals surface area contributed by atoms with Gasteiger partial charge < -0.3 is 10.6 Å². The molecule has 1 rings (SSSR count). The standard InChI is InChI=1S/C15H26N4/c1-12(2)5-9-18-15(16-4)19-10-7-14-6-8-17-11-13(14)3/h6,8,11-12H,5,7,9-10H2,1-4H3,(H2,16,18,19). The summed E-state index contributed by atoms with van der Waals surface area (Å²) >= 11 is 0. The summed E-state index contributed by atoms with van der Waals surface area (Å²) in [4.78, 5) is 8.33. The Morgan fingerprint density at radius 2 is 2.05 bits per heavy atom. The first-order valence-corrected chi connectivity index (χ1v) is 6.97. The first-order chi connectivity index (χ1) is 9.13. The predicted octanol–water partition coefficient (Wildman–Crippen LogP) is 2.14. The number of pyridine rings is 1. The van der Waals surface area contributed by atoms with Crippen molar-refractivity contribution in [2.75, 3.05) is 20.1 Å². The molecule has 2 N–H and O–H groups in total. The topological polar surface area (TPSA) is 49.3 Å². The quantitative estimate of drug-likeness (QED) is 0.610. The highest BCUT2D eigenvalue weighted by Crippen LogP contribution is 2.04. The van der Waals surface area contributed by atoms with Crippen molar-refractivity contribution in [2.45, 2.75) is 33.6 Å². The highest BCUT2D eigenvalue weighted by Gasteiger charge is 2.00. The van der Waals surface area contributed by atoms with Gasteiger partial charge in [0.25, 0.3) is 0 Å². The second-order valence-corrected chi connectivity index (χ2v) is 5.16. The summed E-state index contributed by atoms with van der Waals surface area (Å²) in [5.74, 6) is 1.59. The molecule has 0 saturated carbocycles. The highest BCUT2D eigenvalue weighted by atomic mass is 15.2. The van der Waals surface area contributed by atoms with E-state index >= 15 is 0 Å². The molecule has 1 heterocycles. The van der Waals surface area contributed by atoms with Gasteiger partial charge in [-0.3, -0.25) is 9.98 Å². The number of aliphatic imine (C=N–C) groups is 1. The predicted molar refractivity (Wildman–Crippen MR) is 81.5 cm³/mol. The van der Waals surface area contributed by atoms with E-state index in [0.29, 0.717) is 5.92 Å². The van der Waals surface area contributed by atoms with E-state index in [2.05, 4.69) is 47.4 Å². The van der Waals surface area contributed by atoms with E-state index < -0.39 is 0 Å². The van der Waals surface area contributed by atoms with Crippen LogP contribution in [0.5, 0.6) is 0 Å². The largest absolute Gasteiger partial charge is 0.356 e. The van der Waals surface area contributed by atoms with Gasteiger partial charge in [-0.1, -0.05) is 13.8 Å². The van der Waals surface area contributed by atoms with Crippen LogP contribution in [0.15, 0.2) is 23.5 Å². The van der Waals surface area contributed by atoms with Gasteiger partial charge in [-0.25, -0.2) is 0 Å². The molecule has 0 bridgehead atoms. The minimum atomic E-state index is 0.713. The SMILES string of the molecule is CN=C(NCCc1ccncc1C)NCCC(C)C. The molecule has 0 aromatic carbocycles. The van der Waals surface area contributed by atoms with Crippen LogP contribution in [0.4, 0.5) is 0 Å². The van der Waals surface area contributed by atoms with Gasteiger partial charge >= 0.3 is 0 Å². The zero-order chi connectivity index (χ0) is 14.1. The molecule has 0 aliphatic heterocycles. The van der Waals surface area contributed by atoms with Crippen LogP contribution in [0.2, 0.25) is 0 Å². The van der Waals surface area contributed by atoms with Crippen LogP contribution in [0, 0.1) is 12.8 Å². The second kappa shape index (κ2) is 8.51. The summed E-state index contributed by atoms with van der Waals surface area (Å²) in [7, 11) is 1.81. The van der Waals surface area contributed by atoms with Crippen molar-refractivity contribution in [3.8, 4) is 0 Å². The fraction of sp³-hybridized carbons (Fsp3) is 0.600. The van der Waals surface area contributed by atoms with Crippen molar-refractivity contribution in [3.63, 3.8) is 0 Å². The molecule has 0 radical (unpaired) electrons. The van der Waals surface area contributed by atoms with Crippen LogP contribution in [-0.2, 0) is 6.42 Å². The Hall–Kier alpha value is -1.58. The van der Waals surface area contributed by atoms with Gasteiger partial charge in [0.1, 0.15) is 0 Å². The molecule has 4 nitrogen and oxygen atoms in total. The van der Waals surface area contributed by atoms with E-state index in [1.165, 1.54) is 11.1 Å². The van der Waals surface area contributed by atoms with E-state index in [-0.39, 0.29) is 0 Å². The minimum absolute atomic E-state index is 0.713. The van der Waals surface area contributed by atoms with Crippen LogP contribution in [0.3, 0.4) is 0 Å². The zero-order valence-corrected chi connectivity index (χ0v) is 12.5. The van der Waals surface area contributed by atoms with Crippen LogP contribution >= 0.6 is 0 Å². The maximum atomic E-state index is 4.22. The van der Waals surface area contributed by atoms with Crippen molar-refractivity contribution in [3.05, 3.63) is 29.6 Å². The number of guanidine groups is 1. The third kappa shape index (κ3) is 6.22. The molecule has 1 aromatic heterocycles. The molecule has 4 heteroatoms. The number of nitrogens with one attached hydrogen (secondary N) is 2. The summed E-state index contributed by atoms with van der Waals surface area (Å²) in [5, 5.41) is 6.67. The lowest BCUT2D eigenvalue weighted by molar-refractivity contribution is 0.573. The number of nitrogens with zero attached hydrogens (tertiary/aromatic N) is 2. The van der Waals surface area contributed by atoms with Gasteiger partial charge in [0.15, 0.2) is 5.96 Å². The van der Waals surface area contributed by atoms with Crippen molar-refractivity contribution < 1.29 is 0 Å². The molecule has 0 fully saturated rings. The summed E-state index contributed by atoms with van der Waals surface area (Å²) in [6.07, 6.45) is 5.90. The van der Waals surface area contributed by atoms with E-state index in [1.807, 2.05) is 19.4 Å². The molecular formula is C15H26N4. The molecule has 19 heavy (non-hydrogen) atoms. The molecule has 0 unspecified atom stereocenters. The van der Waals surface area contributed by atoms with Gasteiger partial charge in [-0.2, -0.15) is 0 Å². The van der Waals surface area contributed by atoms with Gasteiger partial charge in [0.05, 0.1) is 0 Å². The van der Waals surface area contributed by atoms with Crippen molar-refractivity contribution in [1.82, 2.24) is 15.6 Å². The normalized spacial score (nSPS) is 11.7. The highest BCUT2D eigenvalue weighted by molar-refractivity contribution is 5.79. The summed E-state index contributed by atoms with van der Waals surface area (Å²) in [5.41, 5.74) is 2.58. The van der Waals surface area contributed by atoms with Gasteiger partial charge in [0.2, 0.25) is 0 Å². The summed E-state index contributed by atoms with van der Waals surface area (Å²) < 4.78 is 0. The first kappa shape index (κ1) is 15.5. The van der Waals surface area contributed by atoms with Crippen molar-refractivity contribution in [1.29, 1.82) is 0 Å². The molecule has 0 amide bonds. The minimum Gasteiger partial charge on any atom is -0.356 e. The lowest BCUT2D eigenvalue weighted by Crippen LogP contribution is -2.39. The maximum Gasteiger partial charge on any atom is 0.190 e. The van der Waals surface area contributed by atoms with Gasteiger partial charge in [-0.15, -0.1) is 0 Å². The number of aryl methyl sites for hydroxylation is 1. The molecule has 0 atom stereocenters. The number of rotatable bonds is 6. The molecule has 106 valence electrons. The lowest BCUT2D eigenvalue weighted by atomic mass is 10.1. The number of hydrogen-bond donors (Lipinski definition) is 2. The third-order valence-electron chi connectivity index (χ3n) is 3.06. The number of aromatic nitrogens is 1. The molecular weight excluding hydrogens is 236 g/mol. The molecule has 0 saturated heterocycles. The van der Waals surface area contributed by atoms with Crippen LogP contribution in [0.25, 0.3) is 0 Å². The smallest absolute Gasteiger partial charge is 0.190 e. The monoisotopic (exact) mass is 262 g/mol. The van der Waals surface area contributed by atoms with Crippen molar-refractivity contribution >= 4 is 5.96 Å². The second-order valence-electron chi connectivity index (χ2n) is 5.16. The van der Waals surface area contributed by atoms with Crippen LogP contribution in [0.1, 0.15) is 31.4 Å². The summed E-state index contributed by atoms with van der Waals surface area (Å²) in [6.45, 7) is 8.39. The average Bonchev–Trinajstić information content (AvgIpc) is 2.38. The molecule has 0 aliphatic rings. The molecule has 0 aliphatic carbocycles. The van der Waals surface area contributed by atoms with E-state index in [1.54, 1.807) is 0 Å². The molecule has 0 spiro atoms. The fourth-order valence-corrected chi connectivity index (χ4v) is 1.80. The zero-order valence-electron chi connectivity index (χ0n) is 12.5. The van der Waals surface area contributed by atoms with E-state index in [9.17, 15) is 0 Å². The summed E-state index contributed by atoms with van der Waals surface area (Å²) in [6, 6.07) is 2.08. The average molecular weight is 262 g/mol. The Kier molecular flexibility index (Phi) is 6.93. The Labute approximate surface area is 116 Å². The first-order valence-electron chi connectivity index (χ1n) is 6.97. The van der Waals surface area contributed by atoms with Gasteiger partial charge in [-0.05, 0) is 42.9 Å². The lowest BCUT2D eigenvalue weighted by Gasteiger charge is -2.13. The van der Waals surface area contributed by atoms with E-state index in [4.69, 9.17) is 0 Å². The Bertz CT molecular complexity index is 399. The molecule has 1 aromatic rings. The fourth-order valence-electron chi connectivity index (χ4n) is 1.80. The number of hydrogen-bond acceptors (Lipinski definition) is 2. The van der Waals surface area contributed by atoms with Crippen LogP contribution in [-0.4, -0.2) is 31.1 Å². The van der Waals surface area contributed by atoms with Crippen LogP contribution < -0.4 is 10.6 Å². The third-order valence-corrected chi connectivity index (χ3v) is 3.06. The maximum absolute atomic E-state index is 4.22. The Morgan fingerprint density at radius 1 is 1.32 bits per heavy atom. The Balaban J connectivity index is 2.29. The Morgan fingerprint density at radius 3 is 2.68 bits per heavy atom. The van der Waals surface area contributed by atoms with E-state index in [0.717, 1.165) is 31.9 Å². The van der Waals surface area contributed by atoms with Gasteiger partial charge in [0, 0.05) is 32.5 Å². The van der Waals surface area contributed by atoms with Crippen molar-refractivity contribution in [2.24, 2.45) is 10.9 Å².